The average Bonchev–Trinajstić information content (AvgIpc) is 2.67. The maximum absolute atomic E-state index is 12.2. The van der Waals surface area contributed by atoms with E-state index in [0.29, 0.717) is 5.69 Å². The first-order valence-electron chi connectivity index (χ1n) is 8.01. The molecule has 0 heterocycles. The van der Waals surface area contributed by atoms with E-state index in [1.54, 1.807) is 6.08 Å². The van der Waals surface area contributed by atoms with Gasteiger partial charge in [0.15, 0.2) is 0 Å². The summed E-state index contributed by atoms with van der Waals surface area (Å²) in [6.45, 7) is 0. The summed E-state index contributed by atoms with van der Waals surface area (Å²) in [7, 11) is 0. The van der Waals surface area contributed by atoms with Crippen molar-refractivity contribution in [2.24, 2.45) is 0 Å². The highest BCUT2D eigenvalue weighted by atomic mass is 16.1. The van der Waals surface area contributed by atoms with Gasteiger partial charge >= 0.3 is 0 Å². The third kappa shape index (κ3) is 4.95. The average molecular weight is 323 g/mol. The van der Waals surface area contributed by atoms with Crippen LogP contribution in [-0.4, -0.2) is 5.91 Å². The number of benzene rings is 3. The smallest absolute Gasteiger partial charge is 0.248 e. The SMILES string of the molecule is O=C(/C=C/c1ccccc1)Nc1ccccc1C#Cc1ccccc1. The van der Waals surface area contributed by atoms with Gasteiger partial charge in [-0.05, 0) is 35.9 Å². The summed E-state index contributed by atoms with van der Waals surface area (Å²) < 4.78 is 0. The van der Waals surface area contributed by atoms with Gasteiger partial charge < -0.3 is 5.32 Å². The largest absolute Gasteiger partial charge is 0.321 e. The van der Waals surface area contributed by atoms with Crippen LogP contribution in [0, 0.1) is 11.8 Å². The monoisotopic (exact) mass is 323 g/mol. The van der Waals surface area contributed by atoms with Crippen LogP contribution < -0.4 is 5.32 Å². The quantitative estimate of drug-likeness (QED) is 0.547. The molecule has 0 spiro atoms. The van der Waals surface area contributed by atoms with Crippen molar-refractivity contribution in [1.82, 2.24) is 0 Å². The van der Waals surface area contributed by atoms with Gasteiger partial charge in [-0.3, -0.25) is 4.79 Å². The highest BCUT2D eigenvalue weighted by molar-refractivity contribution is 6.02. The number of anilines is 1. The molecule has 1 amide bonds. The van der Waals surface area contributed by atoms with Crippen LogP contribution in [0.3, 0.4) is 0 Å². The lowest BCUT2D eigenvalue weighted by molar-refractivity contribution is -0.111. The number of amides is 1. The maximum atomic E-state index is 12.2. The Morgan fingerprint density at radius 2 is 1.40 bits per heavy atom. The van der Waals surface area contributed by atoms with Gasteiger partial charge in [0.05, 0.1) is 5.69 Å². The predicted molar refractivity (Wildman–Crippen MR) is 103 cm³/mol. The van der Waals surface area contributed by atoms with Gasteiger partial charge in [0, 0.05) is 17.2 Å². The molecule has 2 heteroatoms. The molecule has 0 aromatic heterocycles. The van der Waals surface area contributed by atoms with Crippen molar-refractivity contribution in [2.45, 2.75) is 0 Å². The molecule has 3 aromatic rings. The van der Waals surface area contributed by atoms with E-state index in [2.05, 4.69) is 17.2 Å². The van der Waals surface area contributed by atoms with E-state index in [0.717, 1.165) is 16.7 Å². The lowest BCUT2D eigenvalue weighted by Crippen LogP contribution is -2.08. The molecule has 0 aliphatic heterocycles. The van der Waals surface area contributed by atoms with E-state index >= 15 is 0 Å². The Balaban J connectivity index is 1.74. The van der Waals surface area contributed by atoms with Crippen LogP contribution >= 0.6 is 0 Å². The number of carbonyl (C=O) groups is 1. The van der Waals surface area contributed by atoms with Gasteiger partial charge in [0.2, 0.25) is 5.91 Å². The third-order valence-electron chi connectivity index (χ3n) is 3.53. The molecule has 3 aromatic carbocycles. The Labute approximate surface area is 147 Å². The second-order valence-electron chi connectivity index (χ2n) is 5.39. The molecule has 25 heavy (non-hydrogen) atoms. The normalized spacial score (nSPS) is 10.1. The van der Waals surface area contributed by atoms with Crippen LogP contribution in [-0.2, 0) is 4.79 Å². The molecule has 3 rings (SSSR count). The first kappa shape index (κ1) is 16.3. The van der Waals surface area contributed by atoms with Crippen molar-refractivity contribution in [3.8, 4) is 11.8 Å². The molecule has 0 fully saturated rings. The molecule has 0 atom stereocenters. The minimum absolute atomic E-state index is 0.183. The van der Waals surface area contributed by atoms with Crippen molar-refractivity contribution in [3.63, 3.8) is 0 Å². The topological polar surface area (TPSA) is 29.1 Å². The van der Waals surface area contributed by atoms with Crippen LogP contribution in [0.1, 0.15) is 16.7 Å². The molecule has 0 radical (unpaired) electrons. The summed E-state index contributed by atoms with van der Waals surface area (Å²) in [5, 5.41) is 2.89. The molecular formula is C23H17NO. The number of carbonyl (C=O) groups excluding carboxylic acids is 1. The van der Waals surface area contributed by atoms with Gasteiger partial charge in [0.25, 0.3) is 0 Å². The molecule has 0 aliphatic rings. The van der Waals surface area contributed by atoms with Crippen molar-refractivity contribution in [2.75, 3.05) is 5.32 Å². The van der Waals surface area contributed by atoms with Crippen LogP contribution in [0.5, 0.6) is 0 Å². The Morgan fingerprint density at radius 3 is 2.16 bits per heavy atom. The molecule has 0 bridgehead atoms. The van der Waals surface area contributed by atoms with Crippen molar-refractivity contribution >= 4 is 17.7 Å². The van der Waals surface area contributed by atoms with Gasteiger partial charge in [0.1, 0.15) is 0 Å². The van der Waals surface area contributed by atoms with Gasteiger partial charge in [-0.15, -0.1) is 0 Å². The zero-order valence-corrected chi connectivity index (χ0v) is 13.6. The summed E-state index contributed by atoms with van der Waals surface area (Å²) in [4.78, 5) is 12.2. The number of hydrogen-bond acceptors (Lipinski definition) is 1. The second-order valence-corrected chi connectivity index (χ2v) is 5.39. The van der Waals surface area contributed by atoms with E-state index in [-0.39, 0.29) is 5.91 Å². The summed E-state index contributed by atoms with van der Waals surface area (Å²) >= 11 is 0. The summed E-state index contributed by atoms with van der Waals surface area (Å²) in [5.41, 5.74) is 3.41. The van der Waals surface area contributed by atoms with Gasteiger partial charge in [-0.2, -0.15) is 0 Å². The fraction of sp³-hybridized carbons (Fsp3) is 0. The Morgan fingerprint density at radius 1 is 0.760 bits per heavy atom. The van der Waals surface area contributed by atoms with Crippen molar-refractivity contribution in [1.29, 1.82) is 0 Å². The van der Waals surface area contributed by atoms with Crippen molar-refractivity contribution in [3.05, 3.63) is 108 Å². The van der Waals surface area contributed by atoms with E-state index in [1.807, 2.05) is 84.9 Å². The fourth-order valence-electron chi connectivity index (χ4n) is 2.27. The zero-order chi connectivity index (χ0) is 17.3. The summed E-state index contributed by atoms with van der Waals surface area (Å²) in [6.07, 6.45) is 3.31. The van der Waals surface area contributed by atoms with E-state index in [1.165, 1.54) is 6.08 Å². The maximum Gasteiger partial charge on any atom is 0.248 e. The van der Waals surface area contributed by atoms with Crippen LogP contribution in [0.2, 0.25) is 0 Å². The van der Waals surface area contributed by atoms with E-state index < -0.39 is 0 Å². The molecule has 120 valence electrons. The standard InChI is InChI=1S/C23H17NO/c25-23(18-16-20-11-5-2-6-12-20)24-22-14-8-7-13-21(22)17-15-19-9-3-1-4-10-19/h1-14,16,18H,(H,24,25)/b18-16+. The number of rotatable bonds is 3. The zero-order valence-electron chi connectivity index (χ0n) is 13.6. The molecule has 1 N–H and O–H groups in total. The third-order valence-corrected chi connectivity index (χ3v) is 3.53. The summed E-state index contributed by atoms with van der Waals surface area (Å²) in [6, 6.07) is 27.0. The van der Waals surface area contributed by atoms with Crippen LogP contribution in [0.4, 0.5) is 5.69 Å². The molecule has 2 nitrogen and oxygen atoms in total. The Bertz CT molecular complexity index is 932. The lowest BCUT2D eigenvalue weighted by Gasteiger charge is -2.04. The lowest BCUT2D eigenvalue weighted by atomic mass is 10.1. The van der Waals surface area contributed by atoms with Crippen molar-refractivity contribution < 1.29 is 4.79 Å². The minimum atomic E-state index is -0.183. The number of nitrogens with one attached hydrogen (secondary N) is 1. The first-order valence-corrected chi connectivity index (χ1v) is 8.01. The van der Waals surface area contributed by atoms with Crippen LogP contribution in [0.25, 0.3) is 6.08 Å². The van der Waals surface area contributed by atoms with E-state index in [4.69, 9.17) is 0 Å². The fourth-order valence-corrected chi connectivity index (χ4v) is 2.27. The highest BCUT2D eigenvalue weighted by Crippen LogP contribution is 2.14. The molecule has 0 saturated heterocycles. The number of hydrogen-bond donors (Lipinski definition) is 1. The second kappa shape index (κ2) is 8.33. The summed E-state index contributed by atoms with van der Waals surface area (Å²) in [5.74, 6) is 6.05. The Kier molecular flexibility index (Phi) is 5.43. The highest BCUT2D eigenvalue weighted by Gasteiger charge is 2.02. The van der Waals surface area contributed by atoms with Gasteiger partial charge in [-0.25, -0.2) is 0 Å². The first-order chi connectivity index (χ1) is 12.3. The van der Waals surface area contributed by atoms with E-state index in [9.17, 15) is 4.79 Å². The molecule has 0 saturated carbocycles. The number of para-hydroxylation sites is 1. The van der Waals surface area contributed by atoms with Gasteiger partial charge in [-0.1, -0.05) is 72.5 Å². The Hall–Kier alpha value is -3.57. The molecule has 0 aliphatic carbocycles. The minimum Gasteiger partial charge on any atom is -0.321 e. The molecular weight excluding hydrogens is 306 g/mol. The van der Waals surface area contributed by atoms with Crippen LogP contribution in [0.15, 0.2) is 91.0 Å². The molecule has 0 unspecified atom stereocenters. The predicted octanol–water partition coefficient (Wildman–Crippen LogP) is 4.74.